The van der Waals surface area contributed by atoms with E-state index in [-0.39, 0.29) is 17.2 Å². The van der Waals surface area contributed by atoms with Crippen molar-refractivity contribution in [2.75, 3.05) is 31.1 Å². The Morgan fingerprint density at radius 3 is 2.10 bits per heavy atom. The maximum absolute atomic E-state index is 13.3. The topological polar surface area (TPSA) is 95.4 Å². The van der Waals surface area contributed by atoms with Crippen molar-refractivity contribution in [2.24, 2.45) is 0 Å². The van der Waals surface area contributed by atoms with E-state index in [0.29, 0.717) is 13.1 Å². The van der Waals surface area contributed by atoms with Crippen LogP contribution >= 0.6 is 11.8 Å². The first-order valence-corrected chi connectivity index (χ1v) is 14.1. The van der Waals surface area contributed by atoms with Gasteiger partial charge in [-0.3, -0.25) is 14.9 Å². The SMILES string of the molecule is Cc1cc(/C=C(/C#N)C(=O)N2CCN(c3ccccc3)CC2)c(C)n1-c1ccc(Sc2ccc([N+](=O)[O-])cc2)cc1. The molecule has 0 aliphatic carbocycles. The lowest BCUT2D eigenvalue weighted by Crippen LogP contribution is -2.49. The van der Waals surface area contributed by atoms with Gasteiger partial charge in [0.25, 0.3) is 11.6 Å². The lowest BCUT2D eigenvalue weighted by Gasteiger charge is -2.36. The van der Waals surface area contributed by atoms with Gasteiger partial charge in [0.15, 0.2) is 0 Å². The molecule has 2 heterocycles. The van der Waals surface area contributed by atoms with Crippen LogP contribution in [0.3, 0.4) is 0 Å². The molecule has 0 N–H and O–H groups in total. The molecule has 206 valence electrons. The van der Waals surface area contributed by atoms with E-state index < -0.39 is 4.92 Å². The number of anilines is 1. The number of aryl methyl sites for hydroxylation is 1. The van der Waals surface area contributed by atoms with Gasteiger partial charge in [-0.25, -0.2) is 0 Å². The second-order valence-electron chi connectivity index (χ2n) is 9.79. The van der Waals surface area contributed by atoms with Crippen LogP contribution in [0.2, 0.25) is 0 Å². The van der Waals surface area contributed by atoms with E-state index in [0.717, 1.165) is 51.2 Å². The zero-order valence-electron chi connectivity index (χ0n) is 22.9. The van der Waals surface area contributed by atoms with Gasteiger partial charge in [-0.05, 0) is 80.1 Å². The molecule has 4 aromatic rings. The fraction of sp³-hybridized carbons (Fsp3) is 0.188. The fourth-order valence-electron chi connectivity index (χ4n) is 5.04. The molecule has 0 spiro atoms. The number of carbonyl (C=O) groups is 1. The molecule has 3 aromatic carbocycles. The zero-order chi connectivity index (χ0) is 28.9. The first-order valence-electron chi connectivity index (χ1n) is 13.3. The number of nitrogens with zero attached hydrogens (tertiary/aromatic N) is 5. The highest BCUT2D eigenvalue weighted by atomic mass is 32.2. The van der Waals surface area contributed by atoms with Gasteiger partial charge in [-0.1, -0.05) is 30.0 Å². The van der Waals surface area contributed by atoms with Crippen LogP contribution in [0.1, 0.15) is 17.0 Å². The Morgan fingerprint density at radius 2 is 1.51 bits per heavy atom. The molecule has 1 amide bonds. The van der Waals surface area contributed by atoms with Crippen LogP contribution in [0.5, 0.6) is 0 Å². The minimum atomic E-state index is -0.406. The zero-order valence-corrected chi connectivity index (χ0v) is 23.7. The summed E-state index contributed by atoms with van der Waals surface area (Å²) < 4.78 is 2.10. The third-order valence-electron chi connectivity index (χ3n) is 7.19. The van der Waals surface area contributed by atoms with Crippen molar-refractivity contribution < 1.29 is 9.72 Å². The minimum Gasteiger partial charge on any atom is -0.368 e. The fourth-order valence-corrected chi connectivity index (χ4v) is 5.86. The number of non-ortho nitro benzene ring substituents is 1. The van der Waals surface area contributed by atoms with Gasteiger partial charge >= 0.3 is 0 Å². The Balaban J connectivity index is 1.29. The molecule has 1 aliphatic rings. The van der Waals surface area contributed by atoms with Crippen molar-refractivity contribution in [2.45, 2.75) is 23.6 Å². The number of rotatable bonds is 7. The Hall–Kier alpha value is -4.81. The summed E-state index contributed by atoms with van der Waals surface area (Å²) in [6, 6.07) is 28.8. The Morgan fingerprint density at radius 1 is 0.902 bits per heavy atom. The number of amides is 1. The summed E-state index contributed by atoms with van der Waals surface area (Å²) >= 11 is 1.53. The van der Waals surface area contributed by atoms with Crippen molar-refractivity contribution in [3.8, 4) is 11.8 Å². The molecule has 1 aromatic heterocycles. The Bertz CT molecular complexity index is 1630. The molecular weight excluding hydrogens is 534 g/mol. The number of para-hydroxylation sites is 1. The Kier molecular flexibility index (Phi) is 8.22. The molecule has 9 heteroatoms. The highest BCUT2D eigenvalue weighted by Gasteiger charge is 2.24. The summed E-state index contributed by atoms with van der Waals surface area (Å²) in [6.07, 6.45) is 1.70. The average molecular weight is 564 g/mol. The summed E-state index contributed by atoms with van der Waals surface area (Å²) in [5.74, 6) is -0.238. The standard InChI is InChI=1S/C32H29N5O3S/c1-23-20-25(21-26(22-33)32(38)35-18-16-34(17-19-35)27-6-4-3-5-7-27)24(2)36(23)28-8-12-30(13-9-28)41-31-14-10-29(11-15-31)37(39)40/h3-15,20-21H,16-19H2,1-2H3/b26-21-. The van der Waals surface area contributed by atoms with E-state index in [2.05, 4.69) is 27.7 Å². The van der Waals surface area contributed by atoms with Gasteiger partial charge in [-0.2, -0.15) is 5.26 Å². The normalized spacial score (nSPS) is 13.6. The smallest absolute Gasteiger partial charge is 0.269 e. The predicted octanol–water partition coefficient (Wildman–Crippen LogP) is 6.41. The molecule has 0 radical (unpaired) electrons. The second kappa shape index (κ2) is 12.1. The van der Waals surface area contributed by atoms with Crippen LogP contribution in [0.15, 0.2) is 100 Å². The quantitative estimate of drug-likeness (QED) is 0.112. The molecular formula is C32H29N5O3S. The number of aromatic nitrogens is 1. The summed E-state index contributed by atoms with van der Waals surface area (Å²) in [6.45, 7) is 6.56. The number of hydrogen-bond acceptors (Lipinski definition) is 6. The number of benzene rings is 3. The van der Waals surface area contributed by atoms with E-state index in [1.54, 1.807) is 23.1 Å². The third kappa shape index (κ3) is 6.18. The molecule has 0 atom stereocenters. The molecule has 1 fully saturated rings. The van der Waals surface area contributed by atoms with E-state index >= 15 is 0 Å². The largest absolute Gasteiger partial charge is 0.368 e. The number of piperazine rings is 1. The molecule has 1 aliphatic heterocycles. The van der Waals surface area contributed by atoms with Crippen molar-refractivity contribution in [1.29, 1.82) is 5.26 Å². The van der Waals surface area contributed by atoms with Crippen LogP contribution < -0.4 is 4.90 Å². The van der Waals surface area contributed by atoms with Gasteiger partial charge in [0, 0.05) is 70.9 Å². The molecule has 41 heavy (non-hydrogen) atoms. The average Bonchev–Trinajstić information content (AvgIpc) is 3.28. The van der Waals surface area contributed by atoms with Gasteiger partial charge in [-0.15, -0.1) is 0 Å². The van der Waals surface area contributed by atoms with E-state index in [9.17, 15) is 20.2 Å². The van der Waals surface area contributed by atoms with Crippen molar-refractivity contribution in [3.05, 3.63) is 118 Å². The minimum absolute atomic E-state index is 0.0694. The number of nitriles is 1. The van der Waals surface area contributed by atoms with Gasteiger partial charge in [0.05, 0.1) is 4.92 Å². The predicted molar refractivity (Wildman–Crippen MR) is 161 cm³/mol. The number of nitro groups is 1. The van der Waals surface area contributed by atoms with Crippen LogP contribution in [-0.4, -0.2) is 46.5 Å². The van der Waals surface area contributed by atoms with Crippen LogP contribution in [0, 0.1) is 35.3 Å². The van der Waals surface area contributed by atoms with Crippen LogP contribution in [0.4, 0.5) is 11.4 Å². The van der Waals surface area contributed by atoms with Gasteiger partial charge < -0.3 is 14.4 Å². The van der Waals surface area contributed by atoms with Crippen molar-refractivity contribution >= 4 is 35.1 Å². The molecule has 0 saturated carbocycles. The monoisotopic (exact) mass is 563 g/mol. The second-order valence-corrected chi connectivity index (χ2v) is 10.9. The van der Waals surface area contributed by atoms with Gasteiger partial charge in [0.1, 0.15) is 11.6 Å². The highest BCUT2D eigenvalue weighted by molar-refractivity contribution is 7.99. The van der Waals surface area contributed by atoms with Crippen molar-refractivity contribution in [3.63, 3.8) is 0 Å². The summed E-state index contributed by atoms with van der Waals surface area (Å²) in [5, 5.41) is 20.8. The number of hydrogen-bond donors (Lipinski definition) is 0. The maximum atomic E-state index is 13.3. The first kappa shape index (κ1) is 27.7. The molecule has 0 unspecified atom stereocenters. The van der Waals surface area contributed by atoms with Gasteiger partial charge in [0.2, 0.25) is 0 Å². The van der Waals surface area contributed by atoms with Crippen molar-refractivity contribution in [1.82, 2.24) is 9.47 Å². The highest BCUT2D eigenvalue weighted by Crippen LogP contribution is 2.31. The lowest BCUT2D eigenvalue weighted by molar-refractivity contribution is -0.384. The molecule has 0 bridgehead atoms. The summed E-state index contributed by atoms with van der Waals surface area (Å²) in [5.41, 5.74) is 5.07. The van der Waals surface area contributed by atoms with E-state index in [4.69, 9.17) is 0 Å². The van der Waals surface area contributed by atoms with E-state index in [1.165, 1.54) is 23.9 Å². The lowest BCUT2D eigenvalue weighted by atomic mass is 10.1. The maximum Gasteiger partial charge on any atom is 0.269 e. The van der Waals surface area contributed by atoms with Crippen LogP contribution in [0.25, 0.3) is 11.8 Å². The summed E-state index contributed by atoms with van der Waals surface area (Å²) in [4.78, 5) is 29.7. The number of nitro benzene ring substituents is 1. The molecule has 5 rings (SSSR count). The molecule has 8 nitrogen and oxygen atoms in total. The number of carbonyl (C=O) groups excluding carboxylic acids is 1. The first-order chi connectivity index (χ1) is 19.8. The van der Waals surface area contributed by atoms with E-state index in [1.807, 2.05) is 62.4 Å². The van der Waals surface area contributed by atoms with Crippen LogP contribution in [-0.2, 0) is 4.79 Å². The third-order valence-corrected chi connectivity index (χ3v) is 8.20. The Labute approximate surface area is 243 Å². The molecule has 1 saturated heterocycles. The summed E-state index contributed by atoms with van der Waals surface area (Å²) in [7, 11) is 0.